The number of nitrogens with one attached hydrogen (secondary N) is 1. The molecule has 0 saturated carbocycles. The normalized spacial score (nSPS) is 12.6. The summed E-state index contributed by atoms with van der Waals surface area (Å²) in [7, 11) is 0. The predicted molar refractivity (Wildman–Crippen MR) is 88.7 cm³/mol. The minimum absolute atomic E-state index is 0.237. The fourth-order valence-electron chi connectivity index (χ4n) is 2.22. The molecule has 5 heteroatoms. The number of rotatable bonds is 6. The van der Waals surface area contributed by atoms with E-state index in [1.54, 1.807) is 16.7 Å². The van der Waals surface area contributed by atoms with Crippen LogP contribution in [0.3, 0.4) is 0 Å². The highest BCUT2D eigenvalue weighted by Crippen LogP contribution is 2.24. The Bertz CT molecular complexity index is 607. The van der Waals surface area contributed by atoms with Gasteiger partial charge >= 0.3 is 0 Å². The average Bonchev–Trinajstić information content (AvgIpc) is 2.90. The van der Waals surface area contributed by atoms with Crippen LogP contribution in [-0.2, 0) is 6.54 Å². The molecule has 1 aromatic heterocycles. The van der Waals surface area contributed by atoms with Gasteiger partial charge in [-0.25, -0.2) is 0 Å². The second-order valence-corrected chi connectivity index (χ2v) is 6.75. The van der Waals surface area contributed by atoms with Gasteiger partial charge in [0.1, 0.15) is 0 Å². The van der Waals surface area contributed by atoms with Crippen molar-refractivity contribution >= 4 is 28.8 Å². The highest BCUT2D eigenvalue weighted by Gasteiger charge is 2.15. The second-order valence-electron chi connectivity index (χ2n) is 5.32. The van der Waals surface area contributed by atoms with E-state index < -0.39 is 0 Å². The van der Waals surface area contributed by atoms with Gasteiger partial charge in [0.2, 0.25) is 5.91 Å². The van der Waals surface area contributed by atoms with Crippen LogP contribution in [0.5, 0.6) is 0 Å². The van der Waals surface area contributed by atoms with Gasteiger partial charge in [-0.15, -0.1) is 11.3 Å². The Labute approximate surface area is 134 Å². The maximum Gasteiger partial charge on any atom is 0.249 e. The highest BCUT2D eigenvalue weighted by molar-refractivity contribution is 7.10. The quantitative estimate of drug-likeness (QED) is 0.845. The zero-order valence-electron chi connectivity index (χ0n) is 12.1. The number of hydrogen-bond acceptors (Lipinski definition) is 3. The Morgan fingerprint density at radius 2 is 2.00 bits per heavy atom. The molecule has 0 spiro atoms. The highest BCUT2D eigenvalue weighted by atomic mass is 35.5. The van der Waals surface area contributed by atoms with Crippen molar-refractivity contribution in [1.82, 2.24) is 5.32 Å². The third-order valence-corrected chi connectivity index (χ3v) is 4.52. The third-order valence-electron chi connectivity index (χ3n) is 3.33. The second kappa shape index (κ2) is 7.07. The Balaban J connectivity index is 2.06. The molecule has 3 nitrogen and oxygen atoms in total. The van der Waals surface area contributed by atoms with Gasteiger partial charge < -0.3 is 11.1 Å². The molecule has 0 aliphatic carbocycles. The molecule has 0 bridgehead atoms. The molecule has 2 aromatic rings. The lowest BCUT2D eigenvalue weighted by Gasteiger charge is -2.22. The van der Waals surface area contributed by atoms with Crippen LogP contribution in [0.2, 0.25) is 5.02 Å². The van der Waals surface area contributed by atoms with Crippen molar-refractivity contribution in [2.75, 3.05) is 0 Å². The summed E-state index contributed by atoms with van der Waals surface area (Å²) >= 11 is 7.48. The third kappa shape index (κ3) is 4.30. The maximum absolute atomic E-state index is 11.1. The van der Waals surface area contributed by atoms with Gasteiger partial charge in [-0.2, -0.15) is 0 Å². The van der Waals surface area contributed by atoms with Crippen LogP contribution in [0.1, 0.15) is 40.7 Å². The molecule has 112 valence electrons. The number of benzene rings is 1. The molecule has 0 saturated heterocycles. The molecule has 1 unspecified atom stereocenters. The maximum atomic E-state index is 11.1. The zero-order chi connectivity index (χ0) is 15.4. The SMILES string of the molecule is CC(C)C(NCc1cc(C(N)=O)cs1)c1ccc(Cl)cc1. The first-order valence-electron chi connectivity index (χ1n) is 6.83. The van der Waals surface area contributed by atoms with Crippen molar-refractivity contribution < 1.29 is 4.79 Å². The molecule has 1 heterocycles. The van der Waals surface area contributed by atoms with Gasteiger partial charge in [0.15, 0.2) is 0 Å². The molecule has 0 radical (unpaired) electrons. The smallest absolute Gasteiger partial charge is 0.249 e. The zero-order valence-corrected chi connectivity index (χ0v) is 13.7. The lowest BCUT2D eigenvalue weighted by atomic mass is 9.96. The topological polar surface area (TPSA) is 55.1 Å². The van der Waals surface area contributed by atoms with E-state index in [4.69, 9.17) is 17.3 Å². The van der Waals surface area contributed by atoms with Crippen molar-refractivity contribution in [3.8, 4) is 0 Å². The standard InChI is InChI=1S/C16H19ClN2OS/c1-10(2)15(11-3-5-13(17)6-4-11)19-8-14-7-12(9-21-14)16(18)20/h3-7,9-10,15,19H,8H2,1-2H3,(H2,18,20). The van der Waals surface area contributed by atoms with Crippen molar-refractivity contribution in [3.63, 3.8) is 0 Å². The Morgan fingerprint density at radius 3 is 2.52 bits per heavy atom. The molecular weight excluding hydrogens is 304 g/mol. The monoisotopic (exact) mass is 322 g/mol. The van der Waals surface area contributed by atoms with Crippen LogP contribution < -0.4 is 11.1 Å². The fraction of sp³-hybridized carbons (Fsp3) is 0.312. The number of hydrogen-bond donors (Lipinski definition) is 2. The molecule has 2 rings (SSSR count). The Hall–Kier alpha value is -1.36. The van der Waals surface area contributed by atoms with Crippen LogP contribution in [-0.4, -0.2) is 5.91 Å². The summed E-state index contributed by atoms with van der Waals surface area (Å²) < 4.78 is 0. The summed E-state index contributed by atoms with van der Waals surface area (Å²) in [5, 5.41) is 6.08. The summed E-state index contributed by atoms with van der Waals surface area (Å²) in [6, 6.07) is 9.99. The molecule has 0 aliphatic heterocycles. The lowest BCUT2D eigenvalue weighted by Crippen LogP contribution is -2.25. The number of thiophene rings is 1. The largest absolute Gasteiger partial charge is 0.366 e. The Kier molecular flexibility index (Phi) is 5.39. The minimum atomic E-state index is -0.379. The molecule has 1 atom stereocenters. The van der Waals surface area contributed by atoms with E-state index in [1.165, 1.54) is 5.56 Å². The molecule has 0 fully saturated rings. The molecule has 1 aromatic carbocycles. The average molecular weight is 323 g/mol. The van der Waals surface area contributed by atoms with E-state index in [0.717, 1.165) is 9.90 Å². The first kappa shape index (κ1) is 16.0. The first-order chi connectivity index (χ1) is 9.97. The summed E-state index contributed by atoms with van der Waals surface area (Å²) in [6.45, 7) is 5.06. The van der Waals surface area contributed by atoms with Gasteiger partial charge in [-0.3, -0.25) is 4.79 Å². The number of primary amides is 1. The number of carbonyl (C=O) groups is 1. The van der Waals surface area contributed by atoms with Gasteiger partial charge in [0.05, 0.1) is 5.56 Å². The van der Waals surface area contributed by atoms with Crippen molar-refractivity contribution in [1.29, 1.82) is 0 Å². The minimum Gasteiger partial charge on any atom is -0.366 e. The first-order valence-corrected chi connectivity index (χ1v) is 8.09. The van der Waals surface area contributed by atoms with Crippen LogP contribution in [0.25, 0.3) is 0 Å². The summed E-state index contributed by atoms with van der Waals surface area (Å²) in [5.74, 6) is 0.0670. The molecule has 21 heavy (non-hydrogen) atoms. The molecule has 0 aliphatic rings. The van der Waals surface area contributed by atoms with Crippen molar-refractivity contribution in [3.05, 3.63) is 56.7 Å². The number of carbonyl (C=O) groups excluding carboxylic acids is 1. The van der Waals surface area contributed by atoms with Crippen LogP contribution in [0, 0.1) is 5.92 Å². The van der Waals surface area contributed by atoms with E-state index in [-0.39, 0.29) is 11.9 Å². The van der Waals surface area contributed by atoms with Gasteiger partial charge in [0.25, 0.3) is 0 Å². The van der Waals surface area contributed by atoms with E-state index >= 15 is 0 Å². The van der Waals surface area contributed by atoms with E-state index in [2.05, 4.69) is 19.2 Å². The number of halogens is 1. The van der Waals surface area contributed by atoms with E-state index in [0.29, 0.717) is 18.0 Å². The van der Waals surface area contributed by atoms with Crippen molar-refractivity contribution in [2.45, 2.75) is 26.4 Å². The van der Waals surface area contributed by atoms with Crippen molar-refractivity contribution in [2.24, 2.45) is 11.7 Å². The Morgan fingerprint density at radius 1 is 1.33 bits per heavy atom. The van der Waals surface area contributed by atoms with Gasteiger partial charge in [-0.05, 0) is 29.7 Å². The summed E-state index contributed by atoms with van der Waals surface area (Å²) in [6.07, 6.45) is 0. The molecule has 1 amide bonds. The molecule has 3 N–H and O–H groups in total. The number of nitrogens with two attached hydrogens (primary N) is 1. The molecular formula is C16H19ClN2OS. The predicted octanol–water partition coefficient (Wildman–Crippen LogP) is 3.99. The lowest BCUT2D eigenvalue weighted by molar-refractivity contribution is 0.100. The summed E-state index contributed by atoms with van der Waals surface area (Å²) in [4.78, 5) is 12.2. The van der Waals surface area contributed by atoms with E-state index in [1.807, 2.05) is 30.3 Å². The van der Waals surface area contributed by atoms with Gasteiger partial charge in [-0.1, -0.05) is 37.6 Å². The number of amides is 1. The van der Waals surface area contributed by atoms with E-state index in [9.17, 15) is 4.79 Å². The summed E-state index contributed by atoms with van der Waals surface area (Å²) in [5.41, 5.74) is 7.05. The van der Waals surface area contributed by atoms with Crippen LogP contribution in [0.4, 0.5) is 0 Å². The van der Waals surface area contributed by atoms with Gasteiger partial charge in [0, 0.05) is 27.9 Å². The fourth-order valence-corrected chi connectivity index (χ4v) is 3.17. The van der Waals surface area contributed by atoms with Crippen LogP contribution >= 0.6 is 22.9 Å². The van der Waals surface area contributed by atoms with Crippen LogP contribution in [0.15, 0.2) is 35.7 Å².